The van der Waals surface area contributed by atoms with Crippen molar-refractivity contribution < 1.29 is 27.8 Å². The molecule has 1 atom stereocenters. The Bertz CT molecular complexity index is 446. The second-order valence-corrected chi connectivity index (χ2v) is 3.61. The van der Waals surface area contributed by atoms with Gasteiger partial charge in [0, 0.05) is 5.69 Å². The molecule has 7 heteroatoms. The molecule has 18 heavy (non-hydrogen) atoms. The Kier molecular flexibility index (Phi) is 4.05. The molecule has 1 unspecified atom stereocenters. The largest absolute Gasteiger partial charge is 0.479 e. The van der Waals surface area contributed by atoms with Crippen molar-refractivity contribution in [3.05, 3.63) is 23.8 Å². The van der Waals surface area contributed by atoms with Crippen molar-refractivity contribution in [2.75, 3.05) is 5.73 Å². The first-order valence-electron chi connectivity index (χ1n) is 5.12. The number of carboxylic acid groups (broad SMARTS) is 1. The van der Waals surface area contributed by atoms with Crippen molar-refractivity contribution in [2.45, 2.75) is 25.6 Å². The maximum Gasteiger partial charge on any atom is 0.420 e. The van der Waals surface area contributed by atoms with Crippen LogP contribution in [0.15, 0.2) is 18.2 Å². The van der Waals surface area contributed by atoms with Gasteiger partial charge in [-0.15, -0.1) is 0 Å². The van der Waals surface area contributed by atoms with E-state index in [1.165, 1.54) is 13.0 Å². The number of aliphatic carboxylic acids is 1. The topological polar surface area (TPSA) is 72.5 Å². The van der Waals surface area contributed by atoms with Gasteiger partial charge in [-0.25, -0.2) is 4.79 Å². The van der Waals surface area contributed by atoms with Crippen molar-refractivity contribution >= 4 is 11.7 Å². The smallest absolute Gasteiger partial charge is 0.420 e. The molecule has 100 valence electrons. The van der Waals surface area contributed by atoms with Crippen LogP contribution in [0.2, 0.25) is 0 Å². The fourth-order valence-corrected chi connectivity index (χ4v) is 1.33. The minimum atomic E-state index is -4.65. The number of anilines is 1. The number of hydrogen-bond acceptors (Lipinski definition) is 3. The normalized spacial score (nSPS) is 13.1. The van der Waals surface area contributed by atoms with E-state index in [4.69, 9.17) is 15.6 Å². The van der Waals surface area contributed by atoms with Gasteiger partial charge in [0.1, 0.15) is 5.75 Å². The minimum Gasteiger partial charge on any atom is -0.479 e. The lowest BCUT2D eigenvalue weighted by Gasteiger charge is -2.18. The third-order valence-electron chi connectivity index (χ3n) is 2.22. The van der Waals surface area contributed by atoms with Gasteiger partial charge in [0.15, 0.2) is 6.10 Å². The third kappa shape index (κ3) is 3.28. The molecule has 0 amide bonds. The lowest BCUT2D eigenvalue weighted by atomic mass is 10.1. The summed E-state index contributed by atoms with van der Waals surface area (Å²) >= 11 is 0. The Morgan fingerprint density at radius 1 is 1.50 bits per heavy atom. The highest BCUT2D eigenvalue weighted by molar-refractivity contribution is 5.72. The van der Waals surface area contributed by atoms with Gasteiger partial charge in [-0.05, 0) is 24.6 Å². The van der Waals surface area contributed by atoms with Gasteiger partial charge in [-0.3, -0.25) is 0 Å². The molecule has 0 spiro atoms. The van der Waals surface area contributed by atoms with E-state index in [-0.39, 0.29) is 12.1 Å². The van der Waals surface area contributed by atoms with E-state index < -0.39 is 29.6 Å². The van der Waals surface area contributed by atoms with Gasteiger partial charge in [-0.2, -0.15) is 13.2 Å². The number of carboxylic acids is 1. The first kappa shape index (κ1) is 14.1. The molecule has 0 saturated carbocycles. The molecule has 0 aliphatic rings. The molecule has 0 aliphatic heterocycles. The monoisotopic (exact) mass is 263 g/mol. The summed E-state index contributed by atoms with van der Waals surface area (Å²) in [6.45, 7) is 1.50. The summed E-state index contributed by atoms with van der Waals surface area (Å²) in [6, 6.07) is 2.95. The molecular weight excluding hydrogens is 251 g/mol. The number of benzene rings is 1. The Hall–Kier alpha value is -1.92. The van der Waals surface area contributed by atoms with Crippen LogP contribution >= 0.6 is 0 Å². The molecule has 1 aromatic rings. The van der Waals surface area contributed by atoms with Crippen LogP contribution in [0.25, 0.3) is 0 Å². The molecule has 1 aromatic carbocycles. The number of rotatable bonds is 4. The molecule has 0 saturated heterocycles. The number of hydrogen-bond donors (Lipinski definition) is 2. The third-order valence-corrected chi connectivity index (χ3v) is 2.22. The second-order valence-electron chi connectivity index (χ2n) is 3.61. The summed E-state index contributed by atoms with van der Waals surface area (Å²) < 4.78 is 43.0. The number of ether oxygens (including phenoxy) is 1. The highest BCUT2D eigenvalue weighted by Gasteiger charge is 2.35. The predicted octanol–water partition coefficient (Wildman–Crippen LogP) is 2.53. The van der Waals surface area contributed by atoms with E-state index in [2.05, 4.69) is 0 Å². The summed E-state index contributed by atoms with van der Waals surface area (Å²) in [6.07, 6.45) is -5.92. The van der Waals surface area contributed by atoms with Crippen molar-refractivity contribution in [2.24, 2.45) is 0 Å². The van der Waals surface area contributed by atoms with Gasteiger partial charge in [-0.1, -0.05) is 6.92 Å². The molecule has 0 heterocycles. The van der Waals surface area contributed by atoms with E-state index in [0.29, 0.717) is 6.07 Å². The standard InChI is InChI=1S/C11H12F3NO3/c1-2-8(10(16)17)18-9-4-3-6(15)5-7(9)11(12,13)14/h3-5,8H,2,15H2,1H3,(H,16,17). The van der Waals surface area contributed by atoms with Crippen LogP contribution in [-0.2, 0) is 11.0 Å². The van der Waals surface area contributed by atoms with E-state index in [1.54, 1.807) is 0 Å². The fourth-order valence-electron chi connectivity index (χ4n) is 1.33. The van der Waals surface area contributed by atoms with Crippen LogP contribution in [0.5, 0.6) is 5.75 Å². The van der Waals surface area contributed by atoms with Gasteiger partial charge in [0.25, 0.3) is 0 Å². The number of alkyl halides is 3. The van der Waals surface area contributed by atoms with E-state index >= 15 is 0 Å². The number of nitrogens with two attached hydrogens (primary N) is 1. The lowest BCUT2D eigenvalue weighted by molar-refractivity contribution is -0.148. The van der Waals surface area contributed by atoms with Gasteiger partial charge in [0.05, 0.1) is 5.56 Å². The molecule has 0 aromatic heterocycles. The summed E-state index contributed by atoms with van der Waals surface area (Å²) in [7, 11) is 0. The summed E-state index contributed by atoms with van der Waals surface area (Å²) in [5, 5.41) is 8.75. The van der Waals surface area contributed by atoms with Crippen LogP contribution in [-0.4, -0.2) is 17.2 Å². The highest BCUT2D eigenvalue weighted by Crippen LogP contribution is 2.37. The predicted molar refractivity (Wildman–Crippen MR) is 58.2 cm³/mol. The summed E-state index contributed by atoms with van der Waals surface area (Å²) in [5.41, 5.74) is 4.12. The van der Waals surface area contributed by atoms with Crippen LogP contribution < -0.4 is 10.5 Å². The zero-order valence-corrected chi connectivity index (χ0v) is 9.49. The van der Waals surface area contributed by atoms with Crippen molar-refractivity contribution in [1.29, 1.82) is 0 Å². The second kappa shape index (κ2) is 5.16. The van der Waals surface area contributed by atoms with Gasteiger partial charge >= 0.3 is 12.1 Å². The number of halogens is 3. The van der Waals surface area contributed by atoms with Gasteiger partial charge < -0.3 is 15.6 Å². The maximum atomic E-state index is 12.7. The number of carbonyl (C=O) groups is 1. The first-order valence-corrected chi connectivity index (χ1v) is 5.12. The lowest BCUT2D eigenvalue weighted by Crippen LogP contribution is -2.27. The first-order chi connectivity index (χ1) is 8.25. The van der Waals surface area contributed by atoms with Crippen LogP contribution in [0, 0.1) is 0 Å². The van der Waals surface area contributed by atoms with Crippen LogP contribution in [0.1, 0.15) is 18.9 Å². The summed E-state index contributed by atoms with van der Waals surface area (Å²) in [4.78, 5) is 10.7. The zero-order chi connectivity index (χ0) is 13.9. The Labute approximate surface area is 101 Å². The zero-order valence-electron chi connectivity index (χ0n) is 9.49. The molecule has 0 aliphatic carbocycles. The molecule has 3 N–H and O–H groups in total. The van der Waals surface area contributed by atoms with Crippen LogP contribution in [0.4, 0.5) is 18.9 Å². The molecule has 0 radical (unpaired) electrons. The van der Waals surface area contributed by atoms with Crippen LogP contribution in [0.3, 0.4) is 0 Å². The number of nitrogen functional groups attached to an aromatic ring is 1. The van der Waals surface area contributed by atoms with Crippen molar-refractivity contribution in [3.8, 4) is 5.75 Å². The molecule has 1 rings (SSSR count). The van der Waals surface area contributed by atoms with E-state index in [9.17, 15) is 18.0 Å². The SMILES string of the molecule is CCC(Oc1ccc(N)cc1C(F)(F)F)C(=O)O. The average Bonchev–Trinajstić information content (AvgIpc) is 2.25. The highest BCUT2D eigenvalue weighted by atomic mass is 19.4. The van der Waals surface area contributed by atoms with Crippen molar-refractivity contribution in [1.82, 2.24) is 0 Å². The fraction of sp³-hybridized carbons (Fsp3) is 0.364. The Morgan fingerprint density at radius 2 is 2.11 bits per heavy atom. The molecule has 0 bridgehead atoms. The maximum absolute atomic E-state index is 12.7. The van der Waals surface area contributed by atoms with Gasteiger partial charge in [0.2, 0.25) is 0 Å². The Balaban J connectivity index is 3.12. The molecule has 4 nitrogen and oxygen atoms in total. The quantitative estimate of drug-likeness (QED) is 0.819. The summed E-state index contributed by atoms with van der Waals surface area (Å²) in [5.74, 6) is -1.85. The van der Waals surface area contributed by atoms with E-state index in [0.717, 1.165) is 6.07 Å². The molecular formula is C11H12F3NO3. The van der Waals surface area contributed by atoms with Crippen molar-refractivity contribution in [3.63, 3.8) is 0 Å². The van der Waals surface area contributed by atoms with E-state index in [1.807, 2.05) is 0 Å². The average molecular weight is 263 g/mol. The minimum absolute atomic E-state index is 0.0526. The molecule has 0 fully saturated rings. The Morgan fingerprint density at radius 3 is 2.56 bits per heavy atom.